The van der Waals surface area contributed by atoms with Crippen LogP contribution in [0.4, 0.5) is 9.18 Å². The molecule has 0 saturated carbocycles. The van der Waals surface area contributed by atoms with Crippen molar-refractivity contribution in [3.05, 3.63) is 60.4 Å². The van der Waals surface area contributed by atoms with E-state index in [9.17, 15) is 9.18 Å². The average Bonchev–Trinajstić information content (AvgIpc) is 2.87. The number of ether oxygens (including phenoxy) is 1. The second-order valence-electron chi connectivity index (χ2n) is 6.38. The first-order valence-electron chi connectivity index (χ1n) is 7.45. The van der Waals surface area contributed by atoms with E-state index in [2.05, 4.69) is 0 Å². The number of hydrogen-bond donors (Lipinski definition) is 0. The second-order valence-corrected chi connectivity index (χ2v) is 6.38. The maximum absolute atomic E-state index is 14.1. The van der Waals surface area contributed by atoms with Gasteiger partial charge < -0.3 is 4.74 Å². The van der Waals surface area contributed by atoms with E-state index in [1.165, 1.54) is 10.6 Å². The van der Waals surface area contributed by atoms with Gasteiger partial charge in [-0.05, 0) is 44.5 Å². The van der Waals surface area contributed by atoms with Crippen LogP contribution in [0.5, 0.6) is 0 Å². The summed E-state index contributed by atoms with van der Waals surface area (Å²) < 4.78 is 21.1. The van der Waals surface area contributed by atoms with E-state index < -0.39 is 11.7 Å². The number of aromatic nitrogens is 1. The molecule has 1 aromatic heterocycles. The summed E-state index contributed by atoms with van der Waals surface area (Å²) in [6, 6.07) is 15.8. The molecule has 4 heteroatoms. The molecule has 0 unspecified atom stereocenters. The highest BCUT2D eigenvalue weighted by Gasteiger charge is 2.23. The first-order chi connectivity index (χ1) is 10.9. The number of fused-ring (bicyclic) bond motifs is 1. The van der Waals surface area contributed by atoms with Gasteiger partial charge in [-0.3, -0.25) is 0 Å². The number of hydrogen-bond acceptors (Lipinski definition) is 2. The third-order valence-electron chi connectivity index (χ3n) is 3.44. The summed E-state index contributed by atoms with van der Waals surface area (Å²) in [6.45, 7) is 5.41. The number of rotatable bonds is 1. The smallest absolute Gasteiger partial charge is 0.419 e. The standard InChI is InChI=1S/C19H18FNO2/c1-19(2,3)23-18(22)21-16-11-7-10-15(20)14(16)12-17(21)13-8-5-4-6-9-13/h4-12H,1-3H3. The number of nitrogens with zero attached hydrogens (tertiary/aromatic N) is 1. The lowest BCUT2D eigenvalue weighted by Crippen LogP contribution is -2.27. The van der Waals surface area contributed by atoms with Crippen LogP contribution in [0.3, 0.4) is 0 Å². The van der Waals surface area contributed by atoms with Crippen molar-refractivity contribution < 1.29 is 13.9 Å². The molecule has 0 atom stereocenters. The van der Waals surface area contributed by atoms with Crippen molar-refractivity contribution in [1.29, 1.82) is 0 Å². The van der Waals surface area contributed by atoms with Gasteiger partial charge in [-0.15, -0.1) is 0 Å². The maximum atomic E-state index is 14.1. The van der Waals surface area contributed by atoms with Gasteiger partial charge in [-0.2, -0.15) is 0 Å². The number of carbonyl (C=O) groups is 1. The van der Waals surface area contributed by atoms with Crippen LogP contribution < -0.4 is 0 Å². The van der Waals surface area contributed by atoms with E-state index in [1.807, 2.05) is 30.3 Å². The third kappa shape index (κ3) is 2.97. The van der Waals surface area contributed by atoms with Crippen molar-refractivity contribution >= 4 is 17.0 Å². The van der Waals surface area contributed by atoms with Crippen molar-refractivity contribution in [3.8, 4) is 11.3 Å². The second kappa shape index (κ2) is 5.54. The quantitative estimate of drug-likeness (QED) is 0.616. The van der Waals surface area contributed by atoms with Crippen molar-refractivity contribution in [1.82, 2.24) is 4.57 Å². The highest BCUT2D eigenvalue weighted by Crippen LogP contribution is 2.30. The fraction of sp³-hybridized carbons (Fsp3) is 0.211. The van der Waals surface area contributed by atoms with Gasteiger partial charge in [-0.1, -0.05) is 36.4 Å². The predicted octanol–water partition coefficient (Wildman–Crippen LogP) is 5.23. The Hall–Kier alpha value is -2.62. The zero-order valence-corrected chi connectivity index (χ0v) is 13.3. The lowest BCUT2D eigenvalue weighted by molar-refractivity contribution is 0.0547. The van der Waals surface area contributed by atoms with Gasteiger partial charge in [0, 0.05) is 5.39 Å². The van der Waals surface area contributed by atoms with Crippen LogP contribution in [-0.2, 0) is 4.74 Å². The molecule has 2 aromatic carbocycles. The summed E-state index contributed by atoms with van der Waals surface area (Å²) in [7, 11) is 0. The molecule has 0 aliphatic rings. The zero-order valence-electron chi connectivity index (χ0n) is 13.3. The fourth-order valence-electron chi connectivity index (χ4n) is 2.52. The van der Waals surface area contributed by atoms with E-state index in [-0.39, 0.29) is 5.82 Å². The molecule has 0 aliphatic heterocycles. The third-order valence-corrected chi connectivity index (χ3v) is 3.44. The van der Waals surface area contributed by atoms with Crippen molar-refractivity contribution in [3.63, 3.8) is 0 Å². The van der Waals surface area contributed by atoms with Crippen molar-refractivity contribution in [2.75, 3.05) is 0 Å². The van der Waals surface area contributed by atoms with Crippen molar-refractivity contribution in [2.45, 2.75) is 26.4 Å². The molecule has 3 nitrogen and oxygen atoms in total. The van der Waals surface area contributed by atoms with Crippen LogP contribution >= 0.6 is 0 Å². The van der Waals surface area contributed by atoms with Crippen LogP contribution in [0.1, 0.15) is 20.8 Å². The van der Waals surface area contributed by atoms with E-state index in [4.69, 9.17) is 4.74 Å². The Bertz CT molecular complexity index is 860. The first-order valence-corrected chi connectivity index (χ1v) is 7.45. The Morgan fingerprint density at radius 3 is 2.39 bits per heavy atom. The fourth-order valence-corrected chi connectivity index (χ4v) is 2.52. The molecule has 0 fully saturated rings. The summed E-state index contributed by atoms with van der Waals surface area (Å²) >= 11 is 0. The van der Waals surface area contributed by atoms with Gasteiger partial charge in [0.1, 0.15) is 11.4 Å². The average molecular weight is 311 g/mol. The molecule has 1 heterocycles. The molecule has 3 aromatic rings. The molecule has 0 spiro atoms. The van der Waals surface area contributed by atoms with Gasteiger partial charge in [0.2, 0.25) is 0 Å². The monoisotopic (exact) mass is 311 g/mol. The summed E-state index contributed by atoms with van der Waals surface area (Å²) in [5.41, 5.74) is 1.31. The van der Waals surface area contributed by atoms with Crippen LogP contribution in [0.2, 0.25) is 0 Å². The predicted molar refractivity (Wildman–Crippen MR) is 89.0 cm³/mol. The van der Waals surface area contributed by atoms with E-state index in [0.717, 1.165) is 5.56 Å². The largest absolute Gasteiger partial charge is 0.443 e. The van der Waals surface area contributed by atoms with Gasteiger partial charge in [0.05, 0.1) is 11.2 Å². The molecule has 23 heavy (non-hydrogen) atoms. The van der Waals surface area contributed by atoms with E-state index in [1.54, 1.807) is 39.0 Å². The summed E-state index contributed by atoms with van der Waals surface area (Å²) in [5, 5.41) is 0.400. The SMILES string of the molecule is CC(C)(C)OC(=O)n1c(-c2ccccc2)cc2c(F)cccc21. The Morgan fingerprint density at radius 2 is 1.74 bits per heavy atom. The highest BCUT2D eigenvalue weighted by atomic mass is 19.1. The van der Waals surface area contributed by atoms with Gasteiger partial charge in [0.15, 0.2) is 0 Å². The number of carbonyl (C=O) groups excluding carboxylic acids is 1. The summed E-state index contributed by atoms with van der Waals surface area (Å²) in [5.74, 6) is -0.359. The molecule has 0 amide bonds. The molecular formula is C19H18FNO2. The van der Waals surface area contributed by atoms with E-state index >= 15 is 0 Å². The Kier molecular flexibility index (Phi) is 3.68. The minimum atomic E-state index is -0.630. The molecule has 0 aliphatic carbocycles. The molecule has 3 rings (SSSR count). The Labute approximate surface area is 134 Å². The zero-order chi connectivity index (χ0) is 16.6. The summed E-state index contributed by atoms with van der Waals surface area (Å²) in [6.07, 6.45) is -0.517. The highest BCUT2D eigenvalue weighted by molar-refractivity contribution is 5.96. The minimum absolute atomic E-state index is 0.359. The van der Waals surface area contributed by atoms with Crippen LogP contribution in [-0.4, -0.2) is 16.3 Å². The molecule has 0 radical (unpaired) electrons. The summed E-state index contributed by atoms with van der Waals surface area (Å²) in [4.78, 5) is 12.7. The molecule has 0 bridgehead atoms. The van der Waals surface area contributed by atoms with Crippen LogP contribution in [0.25, 0.3) is 22.2 Å². The Balaban J connectivity index is 2.25. The van der Waals surface area contributed by atoms with Crippen molar-refractivity contribution in [2.24, 2.45) is 0 Å². The van der Waals surface area contributed by atoms with Gasteiger partial charge >= 0.3 is 6.09 Å². The van der Waals surface area contributed by atoms with Gasteiger partial charge in [-0.25, -0.2) is 13.8 Å². The molecule has 0 saturated heterocycles. The lowest BCUT2D eigenvalue weighted by atomic mass is 10.1. The number of halogens is 1. The molecule has 0 N–H and O–H groups in total. The minimum Gasteiger partial charge on any atom is -0.443 e. The van der Waals surface area contributed by atoms with Gasteiger partial charge in [0.25, 0.3) is 0 Å². The van der Waals surface area contributed by atoms with Crippen LogP contribution in [0, 0.1) is 5.82 Å². The topological polar surface area (TPSA) is 31.2 Å². The molecular weight excluding hydrogens is 293 g/mol. The van der Waals surface area contributed by atoms with E-state index in [0.29, 0.717) is 16.6 Å². The molecule has 118 valence electrons. The maximum Gasteiger partial charge on any atom is 0.419 e. The lowest BCUT2D eigenvalue weighted by Gasteiger charge is -2.21. The number of benzene rings is 2. The first kappa shape index (κ1) is 15.3. The van der Waals surface area contributed by atoms with Crippen LogP contribution in [0.15, 0.2) is 54.6 Å². The Morgan fingerprint density at radius 1 is 1.04 bits per heavy atom. The normalized spacial score (nSPS) is 11.7.